The average molecular weight is 468 g/mol. The molecule has 1 aliphatic carbocycles. The molecule has 11 heteroatoms. The molecule has 0 aliphatic heterocycles. The third-order valence-corrected chi connectivity index (χ3v) is 6.64. The van der Waals surface area contributed by atoms with E-state index in [-0.39, 0.29) is 17.9 Å². The monoisotopic (exact) mass is 467 g/mol. The van der Waals surface area contributed by atoms with Crippen LogP contribution in [0.15, 0.2) is 24.3 Å². The Balaban J connectivity index is 1.71. The third-order valence-electron chi connectivity index (χ3n) is 5.58. The first-order valence-electron chi connectivity index (χ1n) is 10.3. The van der Waals surface area contributed by atoms with Crippen LogP contribution in [0, 0.1) is 12.8 Å². The van der Waals surface area contributed by atoms with Crippen LogP contribution in [-0.4, -0.2) is 56.1 Å². The van der Waals surface area contributed by atoms with Gasteiger partial charge in [-0.1, -0.05) is 12.1 Å². The normalized spacial score (nSPS) is 22.3. The van der Waals surface area contributed by atoms with E-state index in [1.165, 1.54) is 11.3 Å². The molecule has 2 heterocycles. The molecular weight excluding hydrogens is 443 g/mol. The number of alkyl halides is 3. The topological polar surface area (TPSA) is 103 Å². The van der Waals surface area contributed by atoms with Gasteiger partial charge in [-0.15, -0.1) is 11.3 Å². The van der Waals surface area contributed by atoms with Crippen LogP contribution in [0.2, 0.25) is 0 Å². The summed E-state index contributed by atoms with van der Waals surface area (Å²) in [5, 5.41) is 26.4. The van der Waals surface area contributed by atoms with Crippen LogP contribution in [-0.2, 0) is 0 Å². The quantitative estimate of drug-likeness (QED) is 0.435. The number of rotatable bonds is 6. The molecule has 1 aromatic carbocycles. The molecular formula is C21H24F3N5O2S. The highest BCUT2D eigenvalue weighted by molar-refractivity contribution is 7.21. The number of thiazole rings is 1. The van der Waals surface area contributed by atoms with E-state index in [9.17, 15) is 23.4 Å². The summed E-state index contributed by atoms with van der Waals surface area (Å²) in [6.07, 6.45) is -4.85. The van der Waals surface area contributed by atoms with Crippen molar-refractivity contribution >= 4 is 33.3 Å². The van der Waals surface area contributed by atoms with Gasteiger partial charge in [0.25, 0.3) is 0 Å². The molecule has 1 unspecified atom stereocenters. The van der Waals surface area contributed by atoms with E-state index in [0.29, 0.717) is 34.9 Å². The van der Waals surface area contributed by atoms with Crippen LogP contribution in [0.4, 0.5) is 24.9 Å². The second-order valence-corrected chi connectivity index (χ2v) is 9.13. The summed E-state index contributed by atoms with van der Waals surface area (Å²) in [5.74, 6) is -0.0772. The number of aryl methyl sites for hydroxylation is 1. The number of aliphatic hydroxyl groups is 2. The van der Waals surface area contributed by atoms with Crippen molar-refractivity contribution < 1.29 is 23.4 Å². The van der Waals surface area contributed by atoms with Gasteiger partial charge in [0.15, 0.2) is 0 Å². The lowest BCUT2D eigenvalue weighted by atomic mass is 10.00. The lowest BCUT2D eigenvalue weighted by Gasteiger charge is -2.19. The lowest BCUT2D eigenvalue weighted by Crippen LogP contribution is -2.24. The average Bonchev–Trinajstić information content (AvgIpc) is 3.28. The summed E-state index contributed by atoms with van der Waals surface area (Å²) in [6, 6.07) is 7.42. The lowest BCUT2D eigenvalue weighted by molar-refractivity contribution is -0.115. The molecule has 7 nitrogen and oxygen atoms in total. The molecule has 1 aliphatic rings. The van der Waals surface area contributed by atoms with Crippen LogP contribution >= 0.6 is 11.3 Å². The van der Waals surface area contributed by atoms with E-state index in [1.807, 2.05) is 24.3 Å². The van der Waals surface area contributed by atoms with Crippen molar-refractivity contribution in [2.24, 2.45) is 5.92 Å². The minimum Gasteiger partial charge on any atom is -0.393 e. The Morgan fingerprint density at radius 2 is 1.94 bits per heavy atom. The van der Waals surface area contributed by atoms with Crippen molar-refractivity contribution in [2.45, 2.75) is 51.1 Å². The first kappa shape index (κ1) is 22.7. The van der Waals surface area contributed by atoms with Gasteiger partial charge < -0.3 is 20.8 Å². The standard InChI is InChI=1S/C21H24F3N5O2S/c1-10-17(19-28-14-5-3-4-6-16(14)32-19)18(29-20(26-10)25-9-21(22,23)24)27-12-7-13(11(2)30)15(31)8-12/h3-6,11-13,15,30-31H,7-9H2,1-2H3,(H2,25,26,27,29)/t11?,12-,13-,15+/m1/s1. The highest BCUT2D eigenvalue weighted by Gasteiger charge is 2.36. The van der Waals surface area contributed by atoms with Crippen LogP contribution in [0.1, 0.15) is 25.5 Å². The number of anilines is 2. The highest BCUT2D eigenvalue weighted by Crippen LogP contribution is 2.38. The Kier molecular flexibility index (Phi) is 6.24. The van der Waals surface area contributed by atoms with Gasteiger partial charge in [0.05, 0.1) is 33.7 Å². The molecule has 1 saturated carbocycles. The summed E-state index contributed by atoms with van der Waals surface area (Å²) in [5.41, 5.74) is 1.90. The number of halogens is 3. The zero-order chi connectivity index (χ0) is 23.0. The van der Waals surface area contributed by atoms with Crippen molar-refractivity contribution in [3.05, 3.63) is 30.0 Å². The maximum Gasteiger partial charge on any atom is 0.405 e. The molecule has 3 aromatic rings. The molecule has 4 N–H and O–H groups in total. The molecule has 2 aromatic heterocycles. The molecule has 32 heavy (non-hydrogen) atoms. The van der Waals surface area contributed by atoms with Crippen LogP contribution in [0.25, 0.3) is 20.8 Å². The summed E-state index contributed by atoms with van der Waals surface area (Å²) in [4.78, 5) is 13.2. The molecule has 0 bridgehead atoms. The van der Waals surface area contributed by atoms with Gasteiger partial charge in [0.1, 0.15) is 17.4 Å². The number of nitrogens with zero attached hydrogens (tertiary/aromatic N) is 3. The second-order valence-electron chi connectivity index (χ2n) is 8.10. The van der Waals surface area contributed by atoms with Gasteiger partial charge in [-0.05, 0) is 38.8 Å². The van der Waals surface area contributed by atoms with Crippen LogP contribution in [0.5, 0.6) is 0 Å². The number of para-hydroxylation sites is 1. The van der Waals surface area contributed by atoms with Gasteiger partial charge in [0, 0.05) is 12.0 Å². The van der Waals surface area contributed by atoms with E-state index < -0.39 is 24.9 Å². The third kappa shape index (κ3) is 4.94. The van der Waals surface area contributed by atoms with Gasteiger partial charge in [-0.25, -0.2) is 9.97 Å². The SMILES string of the molecule is Cc1nc(NCC(F)(F)F)nc(N[C@@H]2C[C@H](C(C)O)[C@@H](O)C2)c1-c1nc2ccccc2s1. The fourth-order valence-electron chi connectivity index (χ4n) is 4.05. The van der Waals surface area contributed by atoms with Crippen LogP contribution < -0.4 is 10.6 Å². The minimum absolute atomic E-state index is 0.141. The number of fused-ring (bicyclic) bond motifs is 1. The van der Waals surface area contributed by atoms with E-state index >= 15 is 0 Å². The number of nitrogens with one attached hydrogen (secondary N) is 2. The molecule has 0 saturated heterocycles. The molecule has 1 fully saturated rings. The molecule has 0 spiro atoms. The Morgan fingerprint density at radius 3 is 2.59 bits per heavy atom. The number of aromatic nitrogens is 3. The fourth-order valence-corrected chi connectivity index (χ4v) is 5.11. The molecule has 0 amide bonds. The Hall–Kier alpha value is -2.50. The number of hydrogen-bond donors (Lipinski definition) is 4. The molecule has 4 atom stereocenters. The fraction of sp³-hybridized carbons (Fsp3) is 0.476. The maximum atomic E-state index is 12.7. The van der Waals surface area contributed by atoms with Gasteiger partial charge in [0.2, 0.25) is 5.95 Å². The summed E-state index contributed by atoms with van der Waals surface area (Å²) >= 11 is 1.45. The zero-order valence-electron chi connectivity index (χ0n) is 17.5. The number of benzene rings is 1. The zero-order valence-corrected chi connectivity index (χ0v) is 18.3. The first-order valence-corrected chi connectivity index (χ1v) is 11.1. The van der Waals surface area contributed by atoms with Gasteiger partial charge in [-0.2, -0.15) is 18.2 Å². The van der Waals surface area contributed by atoms with E-state index in [1.54, 1.807) is 13.8 Å². The largest absolute Gasteiger partial charge is 0.405 e. The van der Waals surface area contributed by atoms with Gasteiger partial charge >= 0.3 is 6.18 Å². The summed E-state index contributed by atoms with van der Waals surface area (Å²) < 4.78 is 39.1. The second kappa shape index (κ2) is 8.80. The first-order chi connectivity index (χ1) is 15.1. The summed E-state index contributed by atoms with van der Waals surface area (Å²) in [7, 11) is 0. The summed E-state index contributed by atoms with van der Waals surface area (Å²) in [6.45, 7) is 2.09. The van der Waals surface area contributed by atoms with Crippen molar-refractivity contribution in [3.63, 3.8) is 0 Å². The predicted octanol–water partition coefficient (Wildman–Crippen LogP) is 3.97. The van der Waals surface area contributed by atoms with Crippen LogP contribution in [0.3, 0.4) is 0 Å². The Morgan fingerprint density at radius 1 is 1.19 bits per heavy atom. The maximum absolute atomic E-state index is 12.7. The minimum atomic E-state index is -4.41. The van der Waals surface area contributed by atoms with E-state index in [4.69, 9.17) is 0 Å². The van der Waals surface area contributed by atoms with Crippen molar-refractivity contribution in [1.82, 2.24) is 15.0 Å². The van der Waals surface area contributed by atoms with Crippen molar-refractivity contribution in [2.75, 3.05) is 17.2 Å². The molecule has 172 valence electrons. The highest BCUT2D eigenvalue weighted by atomic mass is 32.1. The Bertz CT molecular complexity index is 1070. The Labute approximate surface area is 186 Å². The molecule has 4 rings (SSSR count). The smallest absolute Gasteiger partial charge is 0.393 e. The van der Waals surface area contributed by atoms with E-state index in [0.717, 1.165) is 10.2 Å². The van der Waals surface area contributed by atoms with Gasteiger partial charge in [-0.3, -0.25) is 0 Å². The molecule has 0 radical (unpaired) electrons. The number of aliphatic hydroxyl groups excluding tert-OH is 2. The number of hydrogen-bond acceptors (Lipinski definition) is 8. The van der Waals surface area contributed by atoms with E-state index in [2.05, 4.69) is 25.6 Å². The van der Waals surface area contributed by atoms with Crippen molar-refractivity contribution in [1.29, 1.82) is 0 Å². The predicted molar refractivity (Wildman–Crippen MR) is 118 cm³/mol. The van der Waals surface area contributed by atoms with Crippen molar-refractivity contribution in [3.8, 4) is 10.6 Å².